The van der Waals surface area contributed by atoms with Crippen molar-refractivity contribution >= 4 is 11.6 Å². The first-order chi connectivity index (χ1) is 7.74. The number of rotatable bonds is 6. The minimum atomic E-state index is -0.0595. The van der Waals surface area contributed by atoms with Crippen LogP contribution in [-0.4, -0.2) is 30.7 Å². The second-order valence-corrected chi connectivity index (χ2v) is 3.56. The van der Waals surface area contributed by atoms with Crippen LogP contribution in [0, 0.1) is 0 Å². The summed E-state index contributed by atoms with van der Waals surface area (Å²) in [5, 5.41) is 14.5. The van der Waals surface area contributed by atoms with Crippen molar-refractivity contribution in [3.63, 3.8) is 0 Å². The molecule has 88 valence electrons. The molecule has 0 aliphatic heterocycles. The van der Waals surface area contributed by atoms with Crippen molar-refractivity contribution in [2.75, 3.05) is 25.0 Å². The number of amides is 1. The van der Waals surface area contributed by atoms with Crippen LogP contribution in [0.2, 0.25) is 0 Å². The van der Waals surface area contributed by atoms with E-state index in [1.54, 1.807) is 0 Å². The smallest absolute Gasteiger partial charge is 0.221 e. The lowest BCUT2D eigenvalue weighted by Gasteiger charge is -2.09. The third-order valence-electron chi connectivity index (χ3n) is 2.19. The van der Waals surface area contributed by atoms with Gasteiger partial charge in [0.15, 0.2) is 0 Å². The van der Waals surface area contributed by atoms with Crippen LogP contribution >= 0.6 is 0 Å². The van der Waals surface area contributed by atoms with Crippen molar-refractivity contribution in [1.82, 2.24) is 5.32 Å². The molecular weight excluding hydrogens is 204 g/mol. The van der Waals surface area contributed by atoms with Crippen LogP contribution in [0.3, 0.4) is 0 Å². The summed E-state index contributed by atoms with van der Waals surface area (Å²) in [6.45, 7) is 3.04. The zero-order valence-electron chi connectivity index (χ0n) is 9.49. The van der Waals surface area contributed by atoms with Crippen LogP contribution in [0.25, 0.3) is 0 Å². The Bertz CT molecular complexity index is 340. The van der Waals surface area contributed by atoms with Gasteiger partial charge in [-0.1, -0.05) is 18.2 Å². The summed E-state index contributed by atoms with van der Waals surface area (Å²) in [5.41, 5.74) is 1.96. The first kappa shape index (κ1) is 12.7. The summed E-state index contributed by atoms with van der Waals surface area (Å²) >= 11 is 0. The molecule has 3 N–H and O–H groups in total. The van der Waals surface area contributed by atoms with Gasteiger partial charge < -0.3 is 15.7 Å². The van der Waals surface area contributed by atoms with E-state index in [9.17, 15) is 4.79 Å². The Balaban J connectivity index is 2.53. The van der Waals surface area contributed by atoms with Crippen molar-refractivity contribution in [2.24, 2.45) is 0 Å². The van der Waals surface area contributed by atoms with Gasteiger partial charge in [0.05, 0.1) is 6.61 Å². The molecule has 1 rings (SSSR count). The number of carbonyl (C=O) groups excluding carboxylic acids is 1. The van der Waals surface area contributed by atoms with Gasteiger partial charge in [-0.2, -0.15) is 0 Å². The van der Waals surface area contributed by atoms with Gasteiger partial charge in [-0.25, -0.2) is 0 Å². The molecule has 0 aliphatic rings. The van der Waals surface area contributed by atoms with E-state index in [-0.39, 0.29) is 12.5 Å². The van der Waals surface area contributed by atoms with E-state index in [4.69, 9.17) is 5.11 Å². The molecule has 0 bridgehead atoms. The summed E-state index contributed by atoms with van der Waals surface area (Å²) in [4.78, 5) is 11.0. The molecule has 1 aromatic carbocycles. The van der Waals surface area contributed by atoms with Crippen LogP contribution < -0.4 is 10.6 Å². The fourth-order valence-corrected chi connectivity index (χ4v) is 1.48. The van der Waals surface area contributed by atoms with Gasteiger partial charge in [-0.15, -0.1) is 0 Å². The number of carbonyl (C=O) groups is 1. The summed E-state index contributed by atoms with van der Waals surface area (Å²) in [5.74, 6) is -0.0595. The largest absolute Gasteiger partial charge is 0.395 e. The molecule has 0 saturated carbocycles. The summed E-state index contributed by atoms with van der Waals surface area (Å²) < 4.78 is 0. The number of para-hydroxylation sites is 1. The van der Waals surface area contributed by atoms with Crippen LogP contribution in [0.15, 0.2) is 24.3 Å². The van der Waals surface area contributed by atoms with Gasteiger partial charge in [0.1, 0.15) is 0 Å². The van der Waals surface area contributed by atoms with E-state index < -0.39 is 0 Å². The molecule has 4 heteroatoms. The SMILES string of the molecule is CC(=O)Nc1ccccc1CCNCCO. The number of aliphatic hydroxyl groups is 1. The highest BCUT2D eigenvalue weighted by Gasteiger charge is 2.02. The van der Waals surface area contributed by atoms with E-state index in [0.29, 0.717) is 6.54 Å². The lowest BCUT2D eigenvalue weighted by Crippen LogP contribution is -2.21. The Morgan fingerprint density at radius 1 is 1.31 bits per heavy atom. The van der Waals surface area contributed by atoms with E-state index in [0.717, 1.165) is 24.2 Å². The van der Waals surface area contributed by atoms with Crippen molar-refractivity contribution in [1.29, 1.82) is 0 Å². The lowest BCUT2D eigenvalue weighted by molar-refractivity contribution is -0.114. The number of anilines is 1. The van der Waals surface area contributed by atoms with Crippen LogP contribution in [0.4, 0.5) is 5.69 Å². The number of hydrogen-bond acceptors (Lipinski definition) is 3. The molecule has 0 radical (unpaired) electrons. The summed E-state index contributed by atoms with van der Waals surface area (Å²) in [6, 6.07) is 7.73. The molecule has 0 atom stereocenters. The fraction of sp³-hybridized carbons (Fsp3) is 0.417. The first-order valence-electron chi connectivity index (χ1n) is 5.41. The average molecular weight is 222 g/mol. The van der Waals surface area contributed by atoms with Crippen LogP contribution in [0.5, 0.6) is 0 Å². The molecule has 1 amide bonds. The Labute approximate surface area is 95.7 Å². The van der Waals surface area contributed by atoms with Gasteiger partial charge >= 0.3 is 0 Å². The number of nitrogens with one attached hydrogen (secondary N) is 2. The maximum atomic E-state index is 11.0. The number of benzene rings is 1. The molecule has 16 heavy (non-hydrogen) atoms. The molecule has 0 unspecified atom stereocenters. The Hall–Kier alpha value is -1.39. The van der Waals surface area contributed by atoms with Crippen molar-refractivity contribution in [3.8, 4) is 0 Å². The predicted molar refractivity (Wildman–Crippen MR) is 64.4 cm³/mol. The maximum Gasteiger partial charge on any atom is 0.221 e. The second-order valence-electron chi connectivity index (χ2n) is 3.56. The van der Waals surface area contributed by atoms with Gasteiger partial charge in [0, 0.05) is 19.2 Å². The van der Waals surface area contributed by atoms with E-state index >= 15 is 0 Å². The summed E-state index contributed by atoms with van der Waals surface area (Å²) in [7, 11) is 0. The minimum absolute atomic E-state index is 0.0595. The predicted octanol–water partition coefficient (Wildman–Crippen LogP) is 0.769. The van der Waals surface area contributed by atoms with E-state index in [1.807, 2.05) is 24.3 Å². The van der Waals surface area contributed by atoms with Gasteiger partial charge in [-0.3, -0.25) is 4.79 Å². The van der Waals surface area contributed by atoms with Crippen LogP contribution in [0.1, 0.15) is 12.5 Å². The molecular formula is C12H18N2O2. The maximum absolute atomic E-state index is 11.0. The Morgan fingerprint density at radius 2 is 2.06 bits per heavy atom. The molecule has 0 saturated heterocycles. The Morgan fingerprint density at radius 3 is 2.75 bits per heavy atom. The summed E-state index contributed by atoms with van der Waals surface area (Å²) in [6.07, 6.45) is 0.830. The fourth-order valence-electron chi connectivity index (χ4n) is 1.48. The zero-order chi connectivity index (χ0) is 11.8. The highest BCUT2D eigenvalue weighted by atomic mass is 16.3. The Kier molecular flexibility index (Phi) is 5.53. The molecule has 0 aromatic heterocycles. The number of hydrogen-bond donors (Lipinski definition) is 3. The topological polar surface area (TPSA) is 61.4 Å². The second kappa shape index (κ2) is 6.98. The lowest BCUT2D eigenvalue weighted by atomic mass is 10.1. The van der Waals surface area contributed by atoms with Crippen molar-refractivity contribution in [3.05, 3.63) is 29.8 Å². The van der Waals surface area contributed by atoms with E-state index in [1.165, 1.54) is 6.92 Å². The van der Waals surface area contributed by atoms with Gasteiger partial charge in [0.2, 0.25) is 5.91 Å². The van der Waals surface area contributed by atoms with Gasteiger partial charge in [-0.05, 0) is 24.6 Å². The third kappa shape index (κ3) is 4.42. The highest BCUT2D eigenvalue weighted by molar-refractivity contribution is 5.89. The molecule has 0 aliphatic carbocycles. The normalized spacial score (nSPS) is 10.1. The number of aliphatic hydroxyl groups excluding tert-OH is 1. The minimum Gasteiger partial charge on any atom is -0.395 e. The van der Waals surface area contributed by atoms with Crippen molar-refractivity contribution < 1.29 is 9.90 Å². The quantitative estimate of drug-likeness (QED) is 0.623. The first-order valence-corrected chi connectivity index (χ1v) is 5.41. The molecule has 4 nitrogen and oxygen atoms in total. The molecule has 0 spiro atoms. The molecule has 1 aromatic rings. The highest BCUT2D eigenvalue weighted by Crippen LogP contribution is 2.14. The average Bonchev–Trinajstić information content (AvgIpc) is 2.26. The van der Waals surface area contributed by atoms with Gasteiger partial charge in [0.25, 0.3) is 0 Å². The standard InChI is InChI=1S/C12H18N2O2/c1-10(16)14-12-5-3-2-4-11(12)6-7-13-8-9-15/h2-5,13,15H,6-9H2,1H3,(H,14,16). The van der Waals surface area contributed by atoms with E-state index in [2.05, 4.69) is 10.6 Å². The van der Waals surface area contributed by atoms with Crippen molar-refractivity contribution in [2.45, 2.75) is 13.3 Å². The monoisotopic (exact) mass is 222 g/mol. The van der Waals surface area contributed by atoms with Crippen LogP contribution in [-0.2, 0) is 11.2 Å². The molecule has 0 heterocycles. The third-order valence-corrected chi connectivity index (χ3v) is 2.19. The zero-order valence-corrected chi connectivity index (χ0v) is 9.49. The molecule has 0 fully saturated rings.